The molecule has 1 N–H and O–H groups in total. The van der Waals surface area contributed by atoms with Crippen molar-refractivity contribution in [1.29, 1.82) is 0 Å². The van der Waals surface area contributed by atoms with Gasteiger partial charge in [0.1, 0.15) is 5.54 Å². The molecule has 1 aromatic heterocycles. The minimum atomic E-state index is -0.987. The lowest BCUT2D eigenvalue weighted by molar-refractivity contribution is -0.142. The van der Waals surface area contributed by atoms with Crippen molar-refractivity contribution in [2.45, 2.75) is 33.2 Å². The van der Waals surface area contributed by atoms with Crippen molar-refractivity contribution in [1.82, 2.24) is 10.2 Å². The average molecular weight is 223 g/mol. The van der Waals surface area contributed by atoms with Crippen molar-refractivity contribution in [3.8, 4) is 0 Å². The average Bonchev–Trinajstić information content (AvgIpc) is 2.21. The molecule has 16 heavy (non-hydrogen) atoms. The minimum Gasteiger partial charge on any atom is -0.480 e. The van der Waals surface area contributed by atoms with Gasteiger partial charge in [-0.15, -0.1) is 5.10 Å². The summed E-state index contributed by atoms with van der Waals surface area (Å²) < 4.78 is 0. The van der Waals surface area contributed by atoms with E-state index in [1.807, 2.05) is 19.9 Å². The van der Waals surface area contributed by atoms with E-state index in [1.54, 1.807) is 24.8 Å². The molecule has 0 aliphatic rings. The number of hydrogen-bond donors (Lipinski definition) is 1. The van der Waals surface area contributed by atoms with E-state index >= 15 is 0 Å². The second-order valence-corrected chi connectivity index (χ2v) is 4.14. The zero-order valence-corrected chi connectivity index (χ0v) is 10.1. The molecule has 88 valence electrons. The summed E-state index contributed by atoms with van der Waals surface area (Å²) in [6, 6.07) is 3.61. The first kappa shape index (κ1) is 12.4. The lowest BCUT2D eigenvalue weighted by Crippen LogP contribution is -2.50. The Kier molecular flexibility index (Phi) is 3.47. The van der Waals surface area contributed by atoms with Gasteiger partial charge in [0, 0.05) is 6.54 Å². The van der Waals surface area contributed by atoms with Crippen LogP contribution in [-0.4, -0.2) is 33.4 Å². The number of anilines is 1. The number of aromatic nitrogens is 2. The number of aryl methyl sites for hydroxylation is 1. The van der Waals surface area contributed by atoms with E-state index in [-0.39, 0.29) is 0 Å². The number of likely N-dealkylation sites (N-methyl/N-ethyl adjacent to an activating group) is 1. The lowest BCUT2D eigenvalue weighted by atomic mass is 10.0. The van der Waals surface area contributed by atoms with Crippen molar-refractivity contribution < 1.29 is 9.90 Å². The molecule has 0 aliphatic carbocycles. The highest BCUT2D eigenvalue weighted by molar-refractivity contribution is 5.82. The zero-order valence-electron chi connectivity index (χ0n) is 10.1. The molecule has 1 heterocycles. The Morgan fingerprint density at radius 3 is 2.44 bits per heavy atom. The van der Waals surface area contributed by atoms with E-state index in [2.05, 4.69) is 10.2 Å². The summed E-state index contributed by atoms with van der Waals surface area (Å²) >= 11 is 0. The predicted molar refractivity (Wildman–Crippen MR) is 61.5 cm³/mol. The van der Waals surface area contributed by atoms with Gasteiger partial charge in [-0.25, -0.2) is 4.79 Å². The van der Waals surface area contributed by atoms with Crippen molar-refractivity contribution in [2.24, 2.45) is 0 Å². The molecule has 0 fully saturated rings. The maximum Gasteiger partial charge on any atom is 0.329 e. The summed E-state index contributed by atoms with van der Waals surface area (Å²) in [6.45, 7) is 7.61. The van der Waals surface area contributed by atoms with Crippen LogP contribution >= 0.6 is 0 Å². The summed E-state index contributed by atoms with van der Waals surface area (Å²) in [7, 11) is 0. The van der Waals surface area contributed by atoms with E-state index in [9.17, 15) is 4.79 Å². The number of rotatable bonds is 4. The van der Waals surface area contributed by atoms with Gasteiger partial charge in [0.15, 0.2) is 5.82 Å². The van der Waals surface area contributed by atoms with Gasteiger partial charge < -0.3 is 10.0 Å². The fourth-order valence-corrected chi connectivity index (χ4v) is 1.49. The SMILES string of the molecule is CCN(c1ccc(C)nn1)C(C)(C)C(=O)O. The molecule has 0 amide bonds. The number of carboxylic acids is 1. The van der Waals surface area contributed by atoms with Gasteiger partial charge >= 0.3 is 5.97 Å². The van der Waals surface area contributed by atoms with Crippen LogP contribution in [0.3, 0.4) is 0 Å². The van der Waals surface area contributed by atoms with Gasteiger partial charge in [-0.05, 0) is 39.8 Å². The Balaban J connectivity index is 3.07. The molecular formula is C11H17N3O2. The van der Waals surface area contributed by atoms with Crippen LogP contribution in [0.2, 0.25) is 0 Å². The smallest absolute Gasteiger partial charge is 0.329 e. The van der Waals surface area contributed by atoms with E-state index < -0.39 is 11.5 Å². The van der Waals surface area contributed by atoms with Gasteiger partial charge in [0.05, 0.1) is 5.69 Å². The molecule has 0 aromatic carbocycles. The van der Waals surface area contributed by atoms with Crippen LogP contribution in [0.5, 0.6) is 0 Å². The van der Waals surface area contributed by atoms with Crippen LogP contribution in [0.4, 0.5) is 5.82 Å². The number of hydrogen-bond acceptors (Lipinski definition) is 4. The van der Waals surface area contributed by atoms with Crippen molar-refractivity contribution in [3.05, 3.63) is 17.8 Å². The van der Waals surface area contributed by atoms with E-state index in [0.717, 1.165) is 5.69 Å². The molecule has 1 rings (SSSR count). The first-order valence-corrected chi connectivity index (χ1v) is 5.21. The molecule has 0 unspecified atom stereocenters. The second-order valence-electron chi connectivity index (χ2n) is 4.14. The summed E-state index contributed by atoms with van der Waals surface area (Å²) in [5, 5.41) is 17.1. The molecule has 0 bridgehead atoms. The van der Waals surface area contributed by atoms with Gasteiger partial charge in [0.2, 0.25) is 0 Å². The second kappa shape index (κ2) is 4.47. The fourth-order valence-electron chi connectivity index (χ4n) is 1.49. The highest BCUT2D eigenvalue weighted by atomic mass is 16.4. The van der Waals surface area contributed by atoms with Gasteiger partial charge in [-0.1, -0.05) is 0 Å². The maximum atomic E-state index is 11.2. The van der Waals surface area contributed by atoms with Crippen LogP contribution < -0.4 is 4.90 Å². The van der Waals surface area contributed by atoms with Crippen LogP contribution in [-0.2, 0) is 4.79 Å². The normalized spacial score (nSPS) is 11.2. The largest absolute Gasteiger partial charge is 0.480 e. The summed E-state index contributed by atoms with van der Waals surface area (Å²) in [6.07, 6.45) is 0. The molecule has 1 aromatic rings. The Morgan fingerprint density at radius 1 is 1.44 bits per heavy atom. The molecule has 0 radical (unpaired) electrons. The van der Waals surface area contributed by atoms with Crippen LogP contribution in [0, 0.1) is 6.92 Å². The topological polar surface area (TPSA) is 66.3 Å². The monoisotopic (exact) mass is 223 g/mol. The first-order chi connectivity index (χ1) is 7.39. The lowest BCUT2D eigenvalue weighted by Gasteiger charge is -2.34. The van der Waals surface area contributed by atoms with Gasteiger partial charge in [0.25, 0.3) is 0 Å². The molecule has 5 heteroatoms. The molecule has 5 nitrogen and oxygen atoms in total. The van der Waals surface area contributed by atoms with Gasteiger partial charge in [-0.2, -0.15) is 5.10 Å². The minimum absolute atomic E-state index is 0.567. The Hall–Kier alpha value is -1.65. The number of nitrogens with zero attached hydrogens (tertiary/aromatic N) is 3. The summed E-state index contributed by atoms with van der Waals surface area (Å²) in [5.74, 6) is -0.294. The third-order valence-corrected chi connectivity index (χ3v) is 2.57. The standard InChI is InChI=1S/C11H17N3O2/c1-5-14(11(3,4)10(15)16)9-7-6-8(2)12-13-9/h6-7H,5H2,1-4H3,(H,15,16). The third-order valence-electron chi connectivity index (χ3n) is 2.57. The predicted octanol–water partition coefficient (Wildman–Crippen LogP) is 1.47. The fraction of sp³-hybridized carbons (Fsp3) is 0.545. The molecule has 0 saturated heterocycles. The zero-order chi connectivity index (χ0) is 12.3. The maximum absolute atomic E-state index is 11.2. The van der Waals surface area contributed by atoms with Crippen LogP contribution in [0.15, 0.2) is 12.1 Å². The van der Waals surface area contributed by atoms with Gasteiger partial charge in [-0.3, -0.25) is 0 Å². The van der Waals surface area contributed by atoms with Crippen LogP contribution in [0.1, 0.15) is 26.5 Å². The van der Waals surface area contributed by atoms with E-state index in [4.69, 9.17) is 5.11 Å². The highest BCUT2D eigenvalue weighted by Gasteiger charge is 2.34. The highest BCUT2D eigenvalue weighted by Crippen LogP contribution is 2.21. The van der Waals surface area contributed by atoms with Crippen molar-refractivity contribution >= 4 is 11.8 Å². The number of carbonyl (C=O) groups is 1. The van der Waals surface area contributed by atoms with Crippen molar-refractivity contribution in [2.75, 3.05) is 11.4 Å². The number of carboxylic acid groups (broad SMARTS) is 1. The Labute approximate surface area is 95.1 Å². The first-order valence-electron chi connectivity index (χ1n) is 5.21. The summed E-state index contributed by atoms with van der Waals surface area (Å²) in [5.41, 5.74) is -0.175. The third kappa shape index (κ3) is 2.29. The van der Waals surface area contributed by atoms with E-state index in [0.29, 0.717) is 12.4 Å². The quantitative estimate of drug-likeness (QED) is 0.837. The molecule has 0 spiro atoms. The molecule has 0 aliphatic heterocycles. The van der Waals surface area contributed by atoms with Crippen LogP contribution in [0.25, 0.3) is 0 Å². The van der Waals surface area contributed by atoms with Crippen molar-refractivity contribution in [3.63, 3.8) is 0 Å². The Morgan fingerprint density at radius 2 is 2.06 bits per heavy atom. The summed E-state index contributed by atoms with van der Waals surface area (Å²) in [4.78, 5) is 12.9. The Bertz CT molecular complexity index is 373. The number of aliphatic carboxylic acids is 1. The van der Waals surface area contributed by atoms with E-state index in [1.165, 1.54) is 0 Å². The molecular weight excluding hydrogens is 206 g/mol. The molecule has 0 atom stereocenters. The molecule has 0 saturated carbocycles.